The zero-order chi connectivity index (χ0) is 6.69. The Morgan fingerprint density at radius 2 is 2.67 bits per heavy atom. The first-order valence-electron chi connectivity index (χ1n) is 2.63. The maximum Gasteiger partial charge on any atom is 0.166 e. The Labute approximate surface area is 52.3 Å². The number of aliphatic hydroxyl groups is 1. The number of aromatic nitrogens is 1. The highest BCUT2D eigenvalue weighted by Crippen LogP contribution is 2.07. The topological polar surface area (TPSA) is 72.3 Å². The average molecular weight is 128 g/mol. The lowest BCUT2D eigenvalue weighted by Gasteiger charge is -1.98. The number of rotatable bonds is 2. The molecule has 0 spiro atoms. The first-order valence-corrected chi connectivity index (χ1v) is 2.63. The molecule has 4 heteroatoms. The minimum Gasteiger partial charge on any atom is -0.384 e. The number of hydrogen-bond acceptors (Lipinski definition) is 4. The van der Waals surface area contributed by atoms with Gasteiger partial charge in [0, 0.05) is 12.6 Å². The quantitative estimate of drug-likeness (QED) is 0.571. The summed E-state index contributed by atoms with van der Waals surface area (Å²) in [5.41, 5.74) is 5.13. The molecule has 0 aromatic carbocycles. The molecule has 0 amide bonds. The maximum atomic E-state index is 8.96. The van der Waals surface area contributed by atoms with Crippen LogP contribution in [0.1, 0.15) is 11.9 Å². The predicted octanol–water partition coefficient (Wildman–Crippen LogP) is -0.333. The van der Waals surface area contributed by atoms with Crippen molar-refractivity contribution in [1.29, 1.82) is 0 Å². The van der Waals surface area contributed by atoms with Crippen LogP contribution in [0.25, 0.3) is 0 Å². The van der Waals surface area contributed by atoms with Gasteiger partial charge in [-0.05, 0) is 0 Å². The summed E-state index contributed by atoms with van der Waals surface area (Å²) in [5.74, 6) is 0.414. The highest BCUT2D eigenvalue weighted by atomic mass is 16.5. The van der Waals surface area contributed by atoms with Crippen LogP contribution in [0.3, 0.4) is 0 Å². The van der Waals surface area contributed by atoms with Crippen molar-refractivity contribution in [3.8, 4) is 0 Å². The van der Waals surface area contributed by atoms with Gasteiger partial charge in [0.25, 0.3) is 0 Å². The van der Waals surface area contributed by atoms with Crippen LogP contribution >= 0.6 is 0 Å². The molecule has 0 saturated carbocycles. The summed E-state index contributed by atoms with van der Waals surface area (Å²) < 4.78 is 4.61. The molecule has 0 aliphatic heterocycles. The van der Waals surface area contributed by atoms with E-state index in [0.717, 1.165) is 0 Å². The summed E-state index contributed by atoms with van der Waals surface area (Å²) in [6.07, 6.45) is 0.751. The van der Waals surface area contributed by atoms with E-state index in [2.05, 4.69) is 9.68 Å². The normalized spacial score (nSPS) is 13.6. The Morgan fingerprint density at radius 1 is 1.89 bits per heavy atom. The molecule has 0 aliphatic rings. The van der Waals surface area contributed by atoms with E-state index in [0.29, 0.717) is 5.76 Å². The fourth-order valence-corrected chi connectivity index (χ4v) is 0.514. The van der Waals surface area contributed by atoms with Gasteiger partial charge in [-0.2, -0.15) is 0 Å². The van der Waals surface area contributed by atoms with Gasteiger partial charge >= 0.3 is 0 Å². The Morgan fingerprint density at radius 3 is 3.11 bits per heavy atom. The molecule has 1 aromatic heterocycles. The Hall–Kier alpha value is -0.870. The van der Waals surface area contributed by atoms with Gasteiger partial charge in [0.2, 0.25) is 0 Å². The lowest BCUT2D eigenvalue weighted by molar-refractivity contribution is 0.147. The first kappa shape index (κ1) is 6.25. The summed E-state index contributed by atoms with van der Waals surface area (Å²) >= 11 is 0. The van der Waals surface area contributed by atoms with Gasteiger partial charge in [-0.25, -0.2) is 0 Å². The second-order valence-corrected chi connectivity index (χ2v) is 1.67. The second-order valence-electron chi connectivity index (χ2n) is 1.67. The molecule has 1 aromatic rings. The van der Waals surface area contributed by atoms with Crippen molar-refractivity contribution in [2.45, 2.75) is 6.10 Å². The van der Waals surface area contributed by atoms with Crippen LogP contribution < -0.4 is 5.73 Å². The van der Waals surface area contributed by atoms with E-state index < -0.39 is 6.10 Å². The fourth-order valence-electron chi connectivity index (χ4n) is 0.514. The van der Waals surface area contributed by atoms with Crippen molar-refractivity contribution in [2.24, 2.45) is 5.73 Å². The number of aliphatic hydroxyl groups excluding tert-OH is 1. The smallest absolute Gasteiger partial charge is 0.166 e. The van der Waals surface area contributed by atoms with Gasteiger partial charge in [0.05, 0.1) is 6.20 Å². The van der Waals surface area contributed by atoms with E-state index in [1.54, 1.807) is 6.07 Å². The minimum atomic E-state index is -0.715. The third-order valence-corrected chi connectivity index (χ3v) is 1.01. The lowest BCUT2D eigenvalue weighted by atomic mass is 10.3. The SMILES string of the molecule is NCC(O)c1ccno1. The highest BCUT2D eigenvalue weighted by molar-refractivity contribution is 4.97. The third kappa shape index (κ3) is 1.28. The van der Waals surface area contributed by atoms with Crippen molar-refractivity contribution in [2.75, 3.05) is 6.54 Å². The number of nitrogens with two attached hydrogens (primary N) is 1. The number of hydrogen-bond donors (Lipinski definition) is 2. The van der Waals surface area contributed by atoms with Crippen molar-refractivity contribution >= 4 is 0 Å². The highest BCUT2D eigenvalue weighted by Gasteiger charge is 2.06. The van der Waals surface area contributed by atoms with E-state index in [1.165, 1.54) is 6.20 Å². The lowest BCUT2D eigenvalue weighted by Crippen LogP contribution is -2.10. The van der Waals surface area contributed by atoms with Crippen molar-refractivity contribution < 1.29 is 9.63 Å². The van der Waals surface area contributed by atoms with Crippen LogP contribution in [0.4, 0.5) is 0 Å². The maximum absolute atomic E-state index is 8.96. The summed E-state index contributed by atoms with van der Waals surface area (Å²) in [6.45, 7) is 0.162. The molecule has 0 bridgehead atoms. The molecule has 4 nitrogen and oxygen atoms in total. The Bertz CT molecular complexity index is 161. The van der Waals surface area contributed by atoms with E-state index in [4.69, 9.17) is 10.8 Å². The van der Waals surface area contributed by atoms with Gasteiger partial charge in [0.1, 0.15) is 6.10 Å². The monoisotopic (exact) mass is 128 g/mol. The molecule has 3 N–H and O–H groups in total. The van der Waals surface area contributed by atoms with E-state index in [9.17, 15) is 0 Å². The first-order chi connectivity index (χ1) is 4.34. The molecule has 0 aliphatic carbocycles. The van der Waals surface area contributed by atoms with Crippen molar-refractivity contribution in [3.05, 3.63) is 18.0 Å². The predicted molar refractivity (Wildman–Crippen MR) is 30.5 cm³/mol. The van der Waals surface area contributed by atoms with E-state index >= 15 is 0 Å². The Kier molecular flexibility index (Phi) is 1.81. The molecule has 1 unspecified atom stereocenters. The van der Waals surface area contributed by atoms with Gasteiger partial charge in [-0.15, -0.1) is 0 Å². The molecule has 0 fully saturated rings. The fraction of sp³-hybridized carbons (Fsp3) is 0.400. The molecule has 9 heavy (non-hydrogen) atoms. The molecule has 1 rings (SSSR count). The minimum absolute atomic E-state index is 0.162. The molecule has 1 atom stereocenters. The molecule has 1 heterocycles. The van der Waals surface area contributed by atoms with Crippen LogP contribution in [0.15, 0.2) is 16.8 Å². The van der Waals surface area contributed by atoms with Crippen LogP contribution in [-0.4, -0.2) is 16.8 Å². The zero-order valence-electron chi connectivity index (χ0n) is 4.82. The largest absolute Gasteiger partial charge is 0.384 e. The van der Waals surface area contributed by atoms with E-state index in [1.807, 2.05) is 0 Å². The summed E-state index contributed by atoms with van der Waals surface area (Å²) in [5, 5.41) is 12.4. The summed E-state index contributed by atoms with van der Waals surface area (Å²) in [4.78, 5) is 0. The van der Waals surface area contributed by atoms with Crippen LogP contribution in [-0.2, 0) is 0 Å². The zero-order valence-corrected chi connectivity index (χ0v) is 4.82. The molecule has 0 radical (unpaired) electrons. The van der Waals surface area contributed by atoms with Crippen molar-refractivity contribution in [1.82, 2.24) is 5.16 Å². The Balaban J connectivity index is 2.65. The third-order valence-electron chi connectivity index (χ3n) is 1.01. The van der Waals surface area contributed by atoms with Gasteiger partial charge < -0.3 is 15.4 Å². The van der Waals surface area contributed by atoms with E-state index in [-0.39, 0.29) is 6.54 Å². The van der Waals surface area contributed by atoms with Gasteiger partial charge in [0.15, 0.2) is 5.76 Å². The van der Waals surface area contributed by atoms with Gasteiger partial charge in [-0.3, -0.25) is 0 Å². The van der Waals surface area contributed by atoms with Crippen LogP contribution in [0.5, 0.6) is 0 Å². The average Bonchev–Trinajstić information content (AvgIpc) is 2.37. The summed E-state index contributed by atoms with van der Waals surface area (Å²) in [6, 6.07) is 1.58. The molecule has 50 valence electrons. The standard InChI is InChI=1S/C5H8N2O2/c6-3-4(8)5-1-2-7-9-5/h1-2,4,8H,3,6H2. The second kappa shape index (κ2) is 2.61. The molecular weight excluding hydrogens is 120 g/mol. The van der Waals surface area contributed by atoms with Crippen molar-refractivity contribution in [3.63, 3.8) is 0 Å². The molecular formula is C5H8N2O2. The van der Waals surface area contributed by atoms with Crippen LogP contribution in [0.2, 0.25) is 0 Å². The van der Waals surface area contributed by atoms with Crippen LogP contribution in [0, 0.1) is 0 Å². The molecule has 0 saturated heterocycles. The summed E-state index contributed by atoms with van der Waals surface area (Å²) in [7, 11) is 0. The number of nitrogens with zero attached hydrogens (tertiary/aromatic N) is 1. The van der Waals surface area contributed by atoms with Gasteiger partial charge in [-0.1, -0.05) is 5.16 Å².